The molecule has 1 aliphatic heterocycles. The Morgan fingerprint density at radius 1 is 1.11 bits per heavy atom. The maximum absolute atomic E-state index is 12.8. The van der Waals surface area contributed by atoms with Crippen LogP contribution in [0.1, 0.15) is 45.8 Å². The summed E-state index contributed by atoms with van der Waals surface area (Å²) in [5, 5.41) is 11.6. The van der Waals surface area contributed by atoms with Gasteiger partial charge in [-0.1, -0.05) is 0 Å². The SMILES string of the molecule is Cc1n[nH]c(C)c1C(=O)N1CCN(CCn2nc3c(cc2=O)CCCC3)CC1. The molecule has 3 heterocycles. The summed E-state index contributed by atoms with van der Waals surface area (Å²) >= 11 is 0. The van der Waals surface area contributed by atoms with Gasteiger partial charge in [0.2, 0.25) is 0 Å². The van der Waals surface area contributed by atoms with E-state index in [0.717, 1.165) is 68.0 Å². The van der Waals surface area contributed by atoms with E-state index in [0.29, 0.717) is 25.2 Å². The van der Waals surface area contributed by atoms with Crippen molar-refractivity contribution in [3.63, 3.8) is 0 Å². The number of nitrogens with one attached hydrogen (secondary N) is 1. The van der Waals surface area contributed by atoms with Gasteiger partial charge >= 0.3 is 0 Å². The van der Waals surface area contributed by atoms with Crippen molar-refractivity contribution in [3.05, 3.63) is 44.6 Å². The second-order valence-electron chi connectivity index (χ2n) is 7.83. The van der Waals surface area contributed by atoms with Crippen molar-refractivity contribution in [2.24, 2.45) is 0 Å². The van der Waals surface area contributed by atoms with Crippen LogP contribution in [0.4, 0.5) is 0 Å². The number of aromatic amines is 1. The fourth-order valence-corrected chi connectivity index (χ4v) is 4.20. The van der Waals surface area contributed by atoms with Crippen LogP contribution < -0.4 is 5.56 Å². The van der Waals surface area contributed by atoms with Gasteiger partial charge in [0.25, 0.3) is 11.5 Å². The molecule has 0 unspecified atom stereocenters. The summed E-state index contributed by atoms with van der Waals surface area (Å²) in [6.45, 7) is 8.11. The first kappa shape index (κ1) is 18.9. The van der Waals surface area contributed by atoms with E-state index >= 15 is 0 Å². The van der Waals surface area contributed by atoms with E-state index in [9.17, 15) is 9.59 Å². The average molecular weight is 384 g/mol. The number of carbonyl (C=O) groups is 1. The highest BCUT2D eigenvalue weighted by atomic mass is 16.2. The molecular formula is C20H28N6O2. The molecule has 1 aliphatic carbocycles. The van der Waals surface area contributed by atoms with Gasteiger partial charge in [0.05, 0.1) is 23.5 Å². The molecule has 0 saturated carbocycles. The van der Waals surface area contributed by atoms with Crippen molar-refractivity contribution < 1.29 is 4.79 Å². The van der Waals surface area contributed by atoms with Crippen LogP contribution in [-0.4, -0.2) is 68.4 Å². The Labute approximate surface area is 164 Å². The number of hydrogen-bond donors (Lipinski definition) is 1. The molecule has 0 radical (unpaired) electrons. The molecule has 1 fully saturated rings. The molecule has 0 spiro atoms. The van der Waals surface area contributed by atoms with E-state index in [1.54, 1.807) is 10.7 Å². The van der Waals surface area contributed by atoms with Gasteiger partial charge in [-0.15, -0.1) is 0 Å². The Morgan fingerprint density at radius 2 is 1.86 bits per heavy atom. The molecule has 1 amide bonds. The minimum absolute atomic E-state index is 0.000344. The normalized spacial score (nSPS) is 17.6. The summed E-state index contributed by atoms with van der Waals surface area (Å²) in [5.74, 6) is 0.0518. The van der Waals surface area contributed by atoms with Crippen LogP contribution in [-0.2, 0) is 19.4 Å². The zero-order valence-electron chi connectivity index (χ0n) is 16.7. The fourth-order valence-electron chi connectivity index (χ4n) is 4.20. The monoisotopic (exact) mass is 384 g/mol. The molecule has 2 aromatic rings. The predicted octanol–water partition coefficient (Wildman–Crippen LogP) is 0.920. The first-order chi connectivity index (χ1) is 13.5. The Morgan fingerprint density at radius 3 is 2.57 bits per heavy atom. The molecule has 1 N–H and O–H groups in total. The molecule has 0 aromatic carbocycles. The fraction of sp³-hybridized carbons (Fsp3) is 0.600. The first-order valence-electron chi connectivity index (χ1n) is 10.2. The van der Waals surface area contributed by atoms with Crippen LogP contribution in [0.15, 0.2) is 10.9 Å². The smallest absolute Gasteiger partial charge is 0.267 e. The van der Waals surface area contributed by atoms with Gasteiger partial charge in [0, 0.05) is 44.5 Å². The molecule has 150 valence electrons. The maximum atomic E-state index is 12.8. The molecular weight excluding hydrogens is 356 g/mol. The zero-order valence-corrected chi connectivity index (χ0v) is 16.7. The van der Waals surface area contributed by atoms with Crippen LogP contribution in [0.3, 0.4) is 0 Å². The summed E-state index contributed by atoms with van der Waals surface area (Å²) in [6.07, 6.45) is 4.26. The largest absolute Gasteiger partial charge is 0.336 e. The lowest BCUT2D eigenvalue weighted by molar-refractivity contribution is 0.0630. The lowest BCUT2D eigenvalue weighted by atomic mass is 9.97. The Bertz CT molecular complexity index is 904. The van der Waals surface area contributed by atoms with Crippen LogP contribution in [0.5, 0.6) is 0 Å². The molecule has 4 rings (SSSR count). The summed E-state index contributed by atoms with van der Waals surface area (Å²) in [6, 6.07) is 1.77. The van der Waals surface area contributed by atoms with Gasteiger partial charge in [-0.2, -0.15) is 10.2 Å². The molecule has 0 bridgehead atoms. The number of fused-ring (bicyclic) bond motifs is 1. The lowest BCUT2D eigenvalue weighted by Gasteiger charge is -2.34. The third-order valence-electron chi connectivity index (χ3n) is 5.90. The van der Waals surface area contributed by atoms with E-state index in [1.807, 2.05) is 18.7 Å². The number of piperazine rings is 1. The van der Waals surface area contributed by atoms with Crippen molar-refractivity contribution >= 4 is 5.91 Å². The number of rotatable bonds is 4. The van der Waals surface area contributed by atoms with E-state index in [4.69, 9.17) is 0 Å². The highest BCUT2D eigenvalue weighted by Gasteiger charge is 2.25. The molecule has 2 aromatic heterocycles. The van der Waals surface area contributed by atoms with Crippen LogP contribution in [0.25, 0.3) is 0 Å². The summed E-state index contributed by atoms with van der Waals surface area (Å²) < 4.78 is 1.61. The molecule has 1 saturated heterocycles. The number of nitrogens with zero attached hydrogens (tertiary/aromatic N) is 5. The molecule has 8 heteroatoms. The van der Waals surface area contributed by atoms with E-state index in [2.05, 4.69) is 20.2 Å². The maximum Gasteiger partial charge on any atom is 0.267 e. The first-order valence-corrected chi connectivity index (χ1v) is 10.2. The highest BCUT2D eigenvalue weighted by Crippen LogP contribution is 2.17. The lowest BCUT2D eigenvalue weighted by Crippen LogP contribution is -2.49. The Balaban J connectivity index is 1.33. The van der Waals surface area contributed by atoms with Gasteiger partial charge in [0.15, 0.2) is 0 Å². The third kappa shape index (κ3) is 3.73. The number of aryl methyl sites for hydroxylation is 4. The summed E-state index contributed by atoms with van der Waals surface area (Å²) in [5.41, 5.74) is 4.49. The van der Waals surface area contributed by atoms with Gasteiger partial charge < -0.3 is 4.90 Å². The Hall–Kier alpha value is -2.48. The van der Waals surface area contributed by atoms with Crippen molar-refractivity contribution in [1.29, 1.82) is 0 Å². The van der Waals surface area contributed by atoms with Crippen LogP contribution in [0, 0.1) is 13.8 Å². The number of amides is 1. The van der Waals surface area contributed by atoms with Crippen molar-refractivity contribution in [2.75, 3.05) is 32.7 Å². The van der Waals surface area contributed by atoms with Crippen LogP contribution in [0.2, 0.25) is 0 Å². The second kappa shape index (κ2) is 7.87. The van der Waals surface area contributed by atoms with Gasteiger partial charge in [-0.05, 0) is 45.1 Å². The van der Waals surface area contributed by atoms with E-state index < -0.39 is 0 Å². The summed E-state index contributed by atoms with van der Waals surface area (Å²) in [7, 11) is 0. The molecule has 8 nitrogen and oxygen atoms in total. The minimum Gasteiger partial charge on any atom is -0.336 e. The van der Waals surface area contributed by atoms with Crippen LogP contribution >= 0.6 is 0 Å². The second-order valence-corrected chi connectivity index (χ2v) is 7.83. The highest BCUT2D eigenvalue weighted by molar-refractivity contribution is 5.96. The van der Waals surface area contributed by atoms with Gasteiger partial charge in [-0.3, -0.25) is 19.6 Å². The third-order valence-corrected chi connectivity index (χ3v) is 5.90. The zero-order chi connectivity index (χ0) is 19.7. The predicted molar refractivity (Wildman–Crippen MR) is 106 cm³/mol. The summed E-state index contributed by atoms with van der Waals surface area (Å²) in [4.78, 5) is 29.3. The quantitative estimate of drug-likeness (QED) is 0.847. The number of H-pyrrole nitrogens is 1. The van der Waals surface area contributed by atoms with Gasteiger partial charge in [0.1, 0.15) is 0 Å². The molecule has 28 heavy (non-hydrogen) atoms. The average Bonchev–Trinajstić information content (AvgIpc) is 3.04. The topological polar surface area (TPSA) is 87.1 Å². The number of carbonyl (C=O) groups excluding carboxylic acids is 1. The standard InChI is InChI=1S/C20H28N6O2/c1-14-19(15(2)22-21-14)20(28)25-10-7-24(8-11-25)9-12-26-18(27)13-16-5-3-4-6-17(16)23-26/h13H,3-12H2,1-2H3,(H,21,22). The van der Waals surface area contributed by atoms with Crippen molar-refractivity contribution in [3.8, 4) is 0 Å². The van der Waals surface area contributed by atoms with Crippen molar-refractivity contribution in [1.82, 2.24) is 29.8 Å². The van der Waals surface area contributed by atoms with Gasteiger partial charge in [-0.25, -0.2) is 4.68 Å². The molecule has 0 atom stereocenters. The minimum atomic E-state index is 0.000344. The van der Waals surface area contributed by atoms with E-state index in [1.165, 1.54) is 0 Å². The number of aromatic nitrogens is 4. The number of hydrogen-bond acceptors (Lipinski definition) is 5. The van der Waals surface area contributed by atoms with E-state index in [-0.39, 0.29) is 11.5 Å². The van der Waals surface area contributed by atoms with Crippen molar-refractivity contribution in [2.45, 2.75) is 46.1 Å². The Kier molecular flexibility index (Phi) is 5.30. The molecule has 2 aliphatic rings.